The zero-order valence-corrected chi connectivity index (χ0v) is 29.9. The van der Waals surface area contributed by atoms with Crippen molar-refractivity contribution < 1.29 is 0 Å². The summed E-state index contributed by atoms with van der Waals surface area (Å²) in [5.74, 6) is 2.72. The SMILES string of the molecule is c1ccc(-c2nc(-c3ccccc3)nc(-c3nc(-c4ccccc4)nc(-n4c5ccccc5c5ccc6c7ccccc7n(-c7ccccc7)c6c54)n3)n2)cc1. The monoisotopic (exact) mass is 718 g/mol. The molecule has 56 heavy (non-hydrogen) atoms. The number of aromatic nitrogens is 8. The third-order valence-electron chi connectivity index (χ3n) is 10.2. The van der Waals surface area contributed by atoms with Gasteiger partial charge in [-0.05, 0) is 24.3 Å². The molecule has 8 nitrogen and oxygen atoms in total. The molecule has 0 bridgehead atoms. The van der Waals surface area contributed by atoms with E-state index in [1.165, 1.54) is 5.39 Å². The van der Waals surface area contributed by atoms with Crippen LogP contribution in [0.5, 0.6) is 0 Å². The molecule has 0 aliphatic heterocycles. The van der Waals surface area contributed by atoms with E-state index in [0.29, 0.717) is 35.1 Å². The average molecular weight is 719 g/mol. The summed E-state index contributed by atoms with van der Waals surface area (Å²) < 4.78 is 4.53. The standard InChI is InChI=1S/C48H30N8/c1-5-17-31(18-6-1)43-49-44(32-19-7-2-8-20-32)51-46(50-43)47-52-45(33-21-9-3-10-22-33)53-48(54-47)56-40-28-16-14-26-36(40)38-30-29-37-35-25-13-15-27-39(35)55(41(37)42(38)56)34-23-11-4-12-24-34/h1-30H. The van der Waals surface area contributed by atoms with Gasteiger partial charge in [0.1, 0.15) is 0 Å². The number of nitrogens with zero attached hydrogens (tertiary/aromatic N) is 8. The zero-order chi connectivity index (χ0) is 37.0. The molecule has 0 fully saturated rings. The van der Waals surface area contributed by atoms with Crippen LogP contribution < -0.4 is 0 Å². The molecule has 0 spiro atoms. The van der Waals surface area contributed by atoms with Gasteiger partial charge in [-0.2, -0.15) is 9.97 Å². The van der Waals surface area contributed by atoms with E-state index in [1.807, 2.05) is 91.0 Å². The van der Waals surface area contributed by atoms with Crippen molar-refractivity contribution in [1.82, 2.24) is 39.0 Å². The lowest BCUT2D eigenvalue weighted by atomic mass is 10.1. The Hall–Kier alpha value is -7.84. The van der Waals surface area contributed by atoms with E-state index < -0.39 is 0 Å². The molecule has 4 heterocycles. The van der Waals surface area contributed by atoms with Gasteiger partial charge < -0.3 is 4.57 Å². The largest absolute Gasteiger partial charge is 0.307 e. The quantitative estimate of drug-likeness (QED) is 0.170. The van der Waals surface area contributed by atoms with E-state index in [4.69, 9.17) is 29.9 Å². The Morgan fingerprint density at radius 3 is 1.14 bits per heavy atom. The molecule has 4 aromatic heterocycles. The number of rotatable bonds is 6. The first kappa shape index (κ1) is 31.7. The average Bonchev–Trinajstić information content (AvgIpc) is 3.80. The van der Waals surface area contributed by atoms with Gasteiger partial charge in [0, 0.05) is 43.9 Å². The maximum atomic E-state index is 5.28. The molecule has 0 amide bonds. The van der Waals surface area contributed by atoms with Crippen molar-refractivity contribution in [2.24, 2.45) is 0 Å². The number of benzene rings is 7. The third kappa shape index (κ3) is 5.15. The molecular weight excluding hydrogens is 689 g/mol. The Bertz CT molecular complexity index is 3170. The molecule has 0 unspecified atom stereocenters. The molecule has 0 aliphatic carbocycles. The number of fused-ring (bicyclic) bond motifs is 7. The van der Waals surface area contributed by atoms with Gasteiger partial charge in [-0.3, -0.25) is 4.57 Å². The van der Waals surface area contributed by atoms with E-state index in [2.05, 4.69) is 100 Å². The molecule has 11 aromatic rings. The Balaban J connectivity index is 1.26. The van der Waals surface area contributed by atoms with Crippen LogP contribution >= 0.6 is 0 Å². The van der Waals surface area contributed by atoms with Crippen LogP contribution in [-0.4, -0.2) is 39.0 Å². The zero-order valence-electron chi connectivity index (χ0n) is 29.9. The second-order valence-corrected chi connectivity index (χ2v) is 13.6. The van der Waals surface area contributed by atoms with Crippen LogP contribution in [0.1, 0.15) is 0 Å². The van der Waals surface area contributed by atoms with E-state index in [0.717, 1.165) is 60.6 Å². The summed E-state index contributed by atoms with van der Waals surface area (Å²) >= 11 is 0. The van der Waals surface area contributed by atoms with Crippen molar-refractivity contribution in [1.29, 1.82) is 0 Å². The lowest BCUT2D eigenvalue weighted by molar-refractivity contribution is 0.934. The minimum atomic E-state index is 0.340. The number of hydrogen-bond donors (Lipinski definition) is 0. The minimum Gasteiger partial charge on any atom is -0.307 e. The summed E-state index contributed by atoms with van der Waals surface area (Å²) in [6, 6.07) is 61.9. The van der Waals surface area contributed by atoms with Gasteiger partial charge in [0.25, 0.3) is 0 Å². The Labute approximate surface area is 321 Å². The second kappa shape index (κ2) is 12.9. The van der Waals surface area contributed by atoms with Crippen molar-refractivity contribution in [3.05, 3.63) is 182 Å². The Morgan fingerprint density at radius 2 is 0.625 bits per heavy atom. The molecule has 0 saturated carbocycles. The fourth-order valence-corrected chi connectivity index (χ4v) is 7.74. The molecule has 11 rings (SSSR count). The molecule has 0 N–H and O–H groups in total. The summed E-state index contributed by atoms with van der Waals surface area (Å²) in [4.78, 5) is 30.6. The predicted molar refractivity (Wildman–Crippen MR) is 224 cm³/mol. The first-order valence-electron chi connectivity index (χ1n) is 18.5. The summed E-state index contributed by atoms with van der Waals surface area (Å²) in [7, 11) is 0. The van der Waals surface area contributed by atoms with E-state index >= 15 is 0 Å². The number of hydrogen-bond acceptors (Lipinski definition) is 6. The summed E-state index contributed by atoms with van der Waals surface area (Å²) in [6.45, 7) is 0. The van der Waals surface area contributed by atoms with Crippen LogP contribution in [0.25, 0.3) is 101 Å². The Kier molecular flexibility index (Phi) is 7.31. The van der Waals surface area contributed by atoms with E-state index in [9.17, 15) is 0 Å². The predicted octanol–water partition coefficient (Wildman–Crippen LogP) is 10.9. The summed E-state index contributed by atoms with van der Waals surface area (Å²) in [5.41, 5.74) is 7.79. The van der Waals surface area contributed by atoms with Crippen molar-refractivity contribution >= 4 is 43.6 Å². The van der Waals surface area contributed by atoms with Crippen LogP contribution in [0.2, 0.25) is 0 Å². The van der Waals surface area contributed by atoms with Crippen molar-refractivity contribution in [3.63, 3.8) is 0 Å². The van der Waals surface area contributed by atoms with E-state index in [-0.39, 0.29) is 0 Å². The van der Waals surface area contributed by atoms with E-state index in [1.54, 1.807) is 0 Å². The van der Waals surface area contributed by atoms with Gasteiger partial charge in [0.15, 0.2) is 17.5 Å². The van der Waals surface area contributed by atoms with Gasteiger partial charge in [0.05, 0.1) is 22.1 Å². The van der Waals surface area contributed by atoms with Gasteiger partial charge in [-0.15, -0.1) is 0 Å². The third-order valence-corrected chi connectivity index (χ3v) is 10.2. The maximum Gasteiger partial charge on any atom is 0.238 e. The molecule has 0 radical (unpaired) electrons. The van der Waals surface area contributed by atoms with Gasteiger partial charge in [0.2, 0.25) is 17.6 Å². The molecular formula is C48H30N8. The highest BCUT2D eigenvalue weighted by atomic mass is 15.2. The molecule has 8 heteroatoms. The number of para-hydroxylation sites is 3. The fourth-order valence-electron chi connectivity index (χ4n) is 7.74. The Morgan fingerprint density at radius 1 is 0.268 bits per heavy atom. The molecule has 7 aromatic carbocycles. The van der Waals surface area contributed by atoms with Crippen molar-refractivity contribution in [3.8, 4) is 57.4 Å². The van der Waals surface area contributed by atoms with Crippen LogP contribution in [0.15, 0.2) is 182 Å². The maximum absolute atomic E-state index is 5.28. The lowest BCUT2D eigenvalue weighted by Gasteiger charge is -2.13. The lowest BCUT2D eigenvalue weighted by Crippen LogP contribution is -2.09. The van der Waals surface area contributed by atoms with Gasteiger partial charge in [-0.25, -0.2) is 19.9 Å². The fraction of sp³-hybridized carbons (Fsp3) is 0. The second-order valence-electron chi connectivity index (χ2n) is 13.6. The summed E-state index contributed by atoms with van der Waals surface area (Å²) in [6.07, 6.45) is 0. The first-order valence-corrected chi connectivity index (χ1v) is 18.5. The highest BCUT2D eigenvalue weighted by Gasteiger charge is 2.24. The van der Waals surface area contributed by atoms with Crippen molar-refractivity contribution in [2.75, 3.05) is 0 Å². The van der Waals surface area contributed by atoms with Crippen LogP contribution in [0.3, 0.4) is 0 Å². The topological polar surface area (TPSA) is 87.2 Å². The van der Waals surface area contributed by atoms with Gasteiger partial charge in [-0.1, -0.05) is 158 Å². The molecule has 0 saturated heterocycles. The van der Waals surface area contributed by atoms with Crippen LogP contribution in [0, 0.1) is 0 Å². The minimum absolute atomic E-state index is 0.340. The highest BCUT2D eigenvalue weighted by Crippen LogP contribution is 2.41. The normalized spacial score (nSPS) is 11.6. The van der Waals surface area contributed by atoms with Crippen LogP contribution in [0.4, 0.5) is 0 Å². The molecule has 0 atom stereocenters. The molecule has 0 aliphatic rings. The van der Waals surface area contributed by atoms with Crippen LogP contribution in [-0.2, 0) is 0 Å². The highest BCUT2D eigenvalue weighted by molar-refractivity contribution is 6.23. The molecule has 262 valence electrons. The smallest absolute Gasteiger partial charge is 0.238 e. The summed E-state index contributed by atoms with van der Waals surface area (Å²) in [5, 5.41) is 4.49. The van der Waals surface area contributed by atoms with Crippen molar-refractivity contribution in [2.45, 2.75) is 0 Å². The first-order chi connectivity index (χ1) is 27.8. The van der Waals surface area contributed by atoms with Gasteiger partial charge >= 0.3 is 0 Å².